The molecule has 0 aliphatic rings. The lowest BCUT2D eigenvalue weighted by Crippen LogP contribution is -2.31. The van der Waals surface area contributed by atoms with Crippen molar-refractivity contribution in [2.45, 2.75) is 0 Å². The molecule has 1 amide bonds. The molecule has 1 heterocycles. The van der Waals surface area contributed by atoms with Gasteiger partial charge in [-0.2, -0.15) is 0 Å². The van der Waals surface area contributed by atoms with Crippen LogP contribution in [-0.2, 0) is 0 Å². The lowest BCUT2D eigenvalue weighted by Gasteiger charge is -2.17. The number of carbonyl (C=O) groups excluding carboxylic acids is 1. The number of amides is 1. The molecule has 0 radical (unpaired) electrons. The van der Waals surface area contributed by atoms with Gasteiger partial charge in [0, 0.05) is 29.9 Å². The second-order valence-electron chi connectivity index (χ2n) is 4.47. The number of carbonyl (C=O) groups is 1. The van der Waals surface area contributed by atoms with Gasteiger partial charge in [-0.1, -0.05) is 11.6 Å². The number of nitrogens with zero attached hydrogens (tertiary/aromatic N) is 1. The molecule has 2 aromatic rings. The summed E-state index contributed by atoms with van der Waals surface area (Å²) in [5, 5.41) is 0.643. The molecule has 0 bridgehead atoms. The monoisotopic (exact) mass is 306 g/mol. The van der Waals surface area contributed by atoms with Crippen LogP contribution in [0.3, 0.4) is 0 Å². The minimum absolute atomic E-state index is 0.221. The summed E-state index contributed by atoms with van der Waals surface area (Å²) in [6.07, 6.45) is 1.45. The second kappa shape index (κ2) is 6.95. The van der Waals surface area contributed by atoms with Crippen molar-refractivity contribution in [2.24, 2.45) is 0 Å². The number of ether oxygens (including phenoxy) is 1. The third kappa shape index (κ3) is 4.36. The van der Waals surface area contributed by atoms with Crippen molar-refractivity contribution >= 4 is 17.5 Å². The molecule has 0 unspecified atom stereocenters. The number of aromatic nitrogens is 1. The van der Waals surface area contributed by atoms with Gasteiger partial charge in [0.15, 0.2) is 0 Å². The van der Waals surface area contributed by atoms with Gasteiger partial charge in [0.05, 0.1) is 6.54 Å². The maximum absolute atomic E-state index is 12.1. The molecule has 2 rings (SSSR count). The predicted octanol–water partition coefficient (Wildman–Crippen LogP) is 2.18. The summed E-state index contributed by atoms with van der Waals surface area (Å²) in [6.45, 7) is 0.765. The van der Waals surface area contributed by atoms with Gasteiger partial charge in [-0.05, 0) is 30.3 Å². The van der Waals surface area contributed by atoms with E-state index in [0.29, 0.717) is 29.5 Å². The van der Waals surface area contributed by atoms with Gasteiger partial charge in [0.2, 0.25) is 5.56 Å². The van der Waals surface area contributed by atoms with Crippen molar-refractivity contribution in [3.8, 4) is 5.75 Å². The van der Waals surface area contributed by atoms with Gasteiger partial charge >= 0.3 is 0 Å². The van der Waals surface area contributed by atoms with E-state index in [4.69, 9.17) is 16.3 Å². The summed E-state index contributed by atoms with van der Waals surface area (Å²) >= 11 is 5.78. The van der Waals surface area contributed by atoms with E-state index in [1.807, 2.05) is 0 Å². The lowest BCUT2D eigenvalue weighted by atomic mass is 10.2. The minimum Gasteiger partial charge on any atom is -0.492 e. The van der Waals surface area contributed by atoms with Crippen LogP contribution in [0.15, 0.2) is 47.4 Å². The van der Waals surface area contributed by atoms with E-state index in [1.165, 1.54) is 17.2 Å². The van der Waals surface area contributed by atoms with Crippen LogP contribution in [0.4, 0.5) is 0 Å². The molecule has 0 fully saturated rings. The summed E-state index contributed by atoms with van der Waals surface area (Å²) < 4.78 is 5.52. The van der Waals surface area contributed by atoms with Gasteiger partial charge in [-0.3, -0.25) is 9.59 Å². The number of halogens is 1. The molecule has 0 atom stereocenters. The van der Waals surface area contributed by atoms with E-state index < -0.39 is 0 Å². The van der Waals surface area contributed by atoms with Crippen LogP contribution in [0, 0.1) is 0 Å². The molecule has 1 aromatic carbocycles. The number of H-pyrrole nitrogens is 1. The Morgan fingerprint density at radius 1 is 1.29 bits per heavy atom. The zero-order valence-corrected chi connectivity index (χ0v) is 12.3. The highest BCUT2D eigenvalue weighted by molar-refractivity contribution is 6.30. The van der Waals surface area contributed by atoms with E-state index in [2.05, 4.69) is 4.98 Å². The quantitative estimate of drug-likeness (QED) is 0.921. The molecule has 0 saturated heterocycles. The number of likely N-dealkylation sites (N-methyl/N-ethyl adjacent to an activating group) is 1. The van der Waals surface area contributed by atoms with Crippen molar-refractivity contribution in [3.63, 3.8) is 0 Å². The predicted molar refractivity (Wildman–Crippen MR) is 81.0 cm³/mol. The average molecular weight is 307 g/mol. The average Bonchev–Trinajstić information content (AvgIpc) is 2.48. The molecule has 6 heteroatoms. The fourth-order valence-electron chi connectivity index (χ4n) is 1.73. The van der Waals surface area contributed by atoms with Gasteiger partial charge in [-0.15, -0.1) is 0 Å². The van der Waals surface area contributed by atoms with E-state index in [1.54, 1.807) is 37.4 Å². The third-order valence-corrected chi connectivity index (χ3v) is 3.13. The Labute approximate surface area is 127 Å². The Kier molecular flexibility index (Phi) is 5.00. The molecular weight excluding hydrogens is 292 g/mol. The number of hydrogen-bond acceptors (Lipinski definition) is 3. The highest BCUT2D eigenvalue weighted by atomic mass is 35.5. The van der Waals surface area contributed by atoms with Gasteiger partial charge in [-0.25, -0.2) is 0 Å². The standard InChI is InChI=1S/C15H15ClN2O3/c1-18(15(20)11-6-7-17-14(19)10-11)8-9-21-13-4-2-12(16)3-5-13/h2-7,10H,8-9H2,1H3,(H,17,19). The number of aromatic amines is 1. The Balaban J connectivity index is 1.86. The zero-order chi connectivity index (χ0) is 15.2. The lowest BCUT2D eigenvalue weighted by molar-refractivity contribution is 0.0773. The minimum atomic E-state index is -0.299. The van der Waals surface area contributed by atoms with Crippen LogP contribution in [0.2, 0.25) is 5.02 Å². The molecule has 1 N–H and O–H groups in total. The van der Waals surface area contributed by atoms with E-state index in [0.717, 1.165) is 0 Å². The first kappa shape index (κ1) is 15.1. The van der Waals surface area contributed by atoms with Gasteiger partial charge < -0.3 is 14.6 Å². The molecular formula is C15H15ClN2O3. The first-order valence-electron chi connectivity index (χ1n) is 6.39. The molecule has 0 aliphatic carbocycles. The second-order valence-corrected chi connectivity index (χ2v) is 4.91. The summed E-state index contributed by atoms with van der Waals surface area (Å²) in [4.78, 5) is 27.2. The van der Waals surface area contributed by atoms with Crippen LogP contribution >= 0.6 is 11.6 Å². The number of benzene rings is 1. The largest absolute Gasteiger partial charge is 0.492 e. The number of nitrogens with one attached hydrogen (secondary N) is 1. The fraction of sp³-hybridized carbons (Fsp3) is 0.200. The van der Waals surface area contributed by atoms with Crippen molar-refractivity contribution in [2.75, 3.05) is 20.2 Å². The maximum atomic E-state index is 12.1. The highest BCUT2D eigenvalue weighted by Gasteiger charge is 2.11. The first-order chi connectivity index (χ1) is 10.1. The highest BCUT2D eigenvalue weighted by Crippen LogP contribution is 2.15. The Bertz CT molecular complexity index is 667. The van der Waals surface area contributed by atoms with Gasteiger partial charge in [0.25, 0.3) is 5.91 Å². The van der Waals surface area contributed by atoms with E-state index >= 15 is 0 Å². The number of rotatable bonds is 5. The Morgan fingerprint density at radius 2 is 2.00 bits per heavy atom. The summed E-state index contributed by atoms with van der Waals surface area (Å²) in [7, 11) is 1.66. The first-order valence-corrected chi connectivity index (χ1v) is 6.76. The van der Waals surface area contributed by atoms with Crippen LogP contribution in [-0.4, -0.2) is 36.0 Å². The summed E-state index contributed by atoms with van der Waals surface area (Å²) in [6, 6.07) is 9.85. The zero-order valence-electron chi connectivity index (χ0n) is 11.5. The molecule has 110 valence electrons. The van der Waals surface area contributed by atoms with Crippen LogP contribution in [0.1, 0.15) is 10.4 Å². The number of hydrogen-bond donors (Lipinski definition) is 1. The van der Waals surface area contributed by atoms with Crippen LogP contribution < -0.4 is 10.3 Å². The summed E-state index contributed by atoms with van der Waals surface area (Å²) in [5.41, 5.74) is 0.0550. The molecule has 21 heavy (non-hydrogen) atoms. The van der Waals surface area contributed by atoms with Crippen molar-refractivity contribution in [1.82, 2.24) is 9.88 Å². The van der Waals surface area contributed by atoms with Crippen LogP contribution in [0.5, 0.6) is 5.75 Å². The molecule has 0 spiro atoms. The maximum Gasteiger partial charge on any atom is 0.253 e. The smallest absolute Gasteiger partial charge is 0.253 e. The summed E-state index contributed by atoms with van der Waals surface area (Å²) in [5.74, 6) is 0.470. The normalized spacial score (nSPS) is 10.2. The number of pyridine rings is 1. The Morgan fingerprint density at radius 3 is 2.67 bits per heavy atom. The van der Waals surface area contributed by atoms with Crippen molar-refractivity contribution in [3.05, 3.63) is 63.5 Å². The fourth-order valence-corrected chi connectivity index (χ4v) is 1.86. The SMILES string of the molecule is CN(CCOc1ccc(Cl)cc1)C(=O)c1cc[nH]c(=O)c1. The molecule has 0 saturated carbocycles. The Hall–Kier alpha value is -2.27. The topological polar surface area (TPSA) is 62.4 Å². The molecule has 5 nitrogen and oxygen atoms in total. The molecule has 0 aliphatic heterocycles. The van der Waals surface area contributed by atoms with Crippen LogP contribution in [0.25, 0.3) is 0 Å². The third-order valence-electron chi connectivity index (χ3n) is 2.88. The molecule has 1 aromatic heterocycles. The van der Waals surface area contributed by atoms with E-state index in [9.17, 15) is 9.59 Å². The van der Waals surface area contributed by atoms with Gasteiger partial charge in [0.1, 0.15) is 12.4 Å². The van der Waals surface area contributed by atoms with Crippen molar-refractivity contribution < 1.29 is 9.53 Å². The van der Waals surface area contributed by atoms with E-state index in [-0.39, 0.29) is 11.5 Å². The van der Waals surface area contributed by atoms with Crippen molar-refractivity contribution in [1.29, 1.82) is 0 Å².